The van der Waals surface area contributed by atoms with Gasteiger partial charge in [0.25, 0.3) is 0 Å². The first kappa shape index (κ1) is 12.2. The van der Waals surface area contributed by atoms with Gasteiger partial charge in [-0.1, -0.05) is 11.6 Å². The molecule has 0 aliphatic carbocycles. The number of nitrogens with one attached hydrogen (secondary N) is 1. The maximum atomic E-state index is 11.4. The largest absolute Gasteiger partial charge is 0.477 e. The van der Waals surface area contributed by atoms with Crippen LogP contribution in [0.1, 0.15) is 17.3 Å². The fraction of sp³-hybridized carbons (Fsp3) is 0.250. The Morgan fingerprint density at radius 3 is 2.50 bits per heavy atom. The Labute approximate surface area is 94.6 Å². The quantitative estimate of drug-likeness (QED) is 0.769. The minimum atomic E-state index is -1.48. The van der Waals surface area contributed by atoms with Crippen molar-refractivity contribution in [3.05, 3.63) is 20.9 Å². The van der Waals surface area contributed by atoms with E-state index in [0.717, 1.165) is 4.68 Å². The number of carboxylic acids is 1. The number of aryl methyl sites for hydroxylation is 1. The van der Waals surface area contributed by atoms with E-state index in [9.17, 15) is 14.4 Å². The molecule has 0 bridgehead atoms. The van der Waals surface area contributed by atoms with E-state index in [4.69, 9.17) is 16.7 Å². The van der Waals surface area contributed by atoms with Crippen molar-refractivity contribution in [3.63, 3.8) is 0 Å². The number of carboxylic acid groups (broad SMARTS) is 1. The number of hydrogen-bond donors (Lipinski definition) is 2. The topological polar surface area (TPSA) is 101 Å². The highest BCUT2D eigenvalue weighted by atomic mass is 35.5. The maximum absolute atomic E-state index is 11.4. The van der Waals surface area contributed by atoms with E-state index >= 15 is 0 Å². The van der Waals surface area contributed by atoms with Crippen molar-refractivity contribution in [2.75, 3.05) is 5.32 Å². The van der Waals surface area contributed by atoms with Crippen LogP contribution in [0.5, 0.6) is 0 Å². The van der Waals surface area contributed by atoms with Crippen LogP contribution in [-0.4, -0.2) is 26.8 Å². The summed E-state index contributed by atoms with van der Waals surface area (Å²) in [6.45, 7) is 1.19. The van der Waals surface area contributed by atoms with Crippen LogP contribution in [0.3, 0.4) is 0 Å². The van der Waals surface area contributed by atoms with Gasteiger partial charge >= 0.3 is 5.97 Å². The molecule has 1 aromatic rings. The van der Waals surface area contributed by atoms with Gasteiger partial charge in [0.1, 0.15) is 5.82 Å². The molecule has 0 aliphatic heterocycles. The first-order chi connectivity index (χ1) is 7.34. The van der Waals surface area contributed by atoms with E-state index in [1.807, 2.05) is 0 Å². The Morgan fingerprint density at radius 2 is 2.06 bits per heavy atom. The summed E-state index contributed by atoms with van der Waals surface area (Å²) in [5, 5.41) is 14.2. The van der Waals surface area contributed by atoms with Gasteiger partial charge in [-0.2, -0.15) is 5.10 Å². The van der Waals surface area contributed by atoms with Gasteiger partial charge in [0.15, 0.2) is 10.7 Å². The average Bonchev–Trinajstić information content (AvgIpc) is 2.13. The fourth-order valence-electron chi connectivity index (χ4n) is 1.11. The standard InChI is InChI=1S/C8H8ClN3O4/c1-3(13)10-7-4(8(15)16)5(14)6(9)11-12(7)2/h1-2H3,(H,10,13)(H,15,16). The third kappa shape index (κ3) is 2.19. The maximum Gasteiger partial charge on any atom is 0.343 e. The second-order valence-electron chi connectivity index (χ2n) is 2.95. The van der Waals surface area contributed by atoms with Gasteiger partial charge in [-0.15, -0.1) is 0 Å². The second-order valence-corrected chi connectivity index (χ2v) is 3.31. The normalized spacial score (nSPS) is 9.94. The van der Waals surface area contributed by atoms with Crippen LogP contribution in [0.15, 0.2) is 4.79 Å². The molecule has 7 nitrogen and oxygen atoms in total. The number of carbonyl (C=O) groups is 2. The van der Waals surface area contributed by atoms with Crippen LogP contribution in [-0.2, 0) is 11.8 Å². The lowest BCUT2D eigenvalue weighted by Crippen LogP contribution is -2.26. The fourth-order valence-corrected chi connectivity index (χ4v) is 1.32. The van der Waals surface area contributed by atoms with Crippen molar-refractivity contribution in [2.24, 2.45) is 7.05 Å². The number of anilines is 1. The summed E-state index contributed by atoms with van der Waals surface area (Å²) in [5.74, 6) is -2.19. The Bertz CT molecular complexity index is 523. The highest BCUT2D eigenvalue weighted by Crippen LogP contribution is 2.12. The van der Waals surface area contributed by atoms with Gasteiger partial charge in [-0.05, 0) is 0 Å². The van der Waals surface area contributed by atoms with E-state index in [1.54, 1.807) is 0 Å². The molecule has 0 spiro atoms. The molecule has 0 atom stereocenters. The van der Waals surface area contributed by atoms with Crippen molar-refractivity contribution >= 4 is 29.3 Å². The zero-order valence-corrected chi connectivity index (χ0v) is 9.20. The summed E-state index contributed by atoms with van der Waals surface area (Å²) < 4.78 is 1.02. The van der Waals surface area contributed by atoms with Crippen LogP contribution >= 0.6 is 11.6 Å². The number of rotatable bonds is 2. The molecule has 0 saturated carbocycles. The highest BCUT2D eigenvalue weighted by Gasteiger charge is 2.21. The number of aromatic nitrogens is 2. The number of nitrogens with zero attached hydrogens (tertiary/aromatic N) is 2. The van der Waals surface area contributed by atoms with E-state index < -0.39 is 28.0 Å². The minimum Gasteiger partial charge on any atom is -0.477 e. The predicted octanol–water partition coefficient (Wildman–Crippen LogP) is 0.0903. The van der Waals surface area contributed by atoms with Gasteiger partial charge in [0.05, 0.1) is 0 Å². The molecular weight excluding hydrogens is 238 g/mol. The van der Waals surface area contributed by atoms with Crippen molar-refractivity contribution in [1.82, 2.24) is 9.78 Å². The Balaban J connectivity index is 3.57. The van der Waals surface area contributed by atoms with E-state index in [2.05, 4.69) is 10.4 Å². The molecule has 86 valence electrons. The minimum absolute atomic E-state index is 0.200. The summed E-state index contributed by atoms with van der Waals surface area (Å²) in [5.41, 5.74) is -1.55. The monoisotopic (exact) mass is 245 g/mol. The van der Waals surface area contributed by atoms with Gasteiger partial charge in [-0.3, -0.25) is 14.3 Å². The number of carbonyl (C=O) groups excluding carboxylic acids is 1. The zero-order valence-electron chi connectivity index (χ0n) is 8.44. The summed E-state index contributed by atoms with van der Waals surface area (Å²) >= 11 is 5.45. The van der Waals surface area contributed by atoms with E-state index in [-0.39, 0.29) is 5.82 Å². The third-order valence-corrected chi connectivity index (χ3v) is 1.97. The molecule has 8 heteroatoms. The van der Waals surface area contributed by atoms with Crippen LogP contribution < -0.4 is 10.7 Å². The first-order valence-corrected chi connectivity index (χ1v) is 4.50. The zero-order chi connectivity index (χ0) is 12.5. The SMILES string of the molecule is CC(=O)Nc1c(C(=O)O)c(=O)c(Cl)nn1C. The summed E-state index contributed by atoms with van der Waals surface area (Å²) in [6, 6.07) is 0. The van der Waals surface area contributed by atoms with E-state index in [0.29, 0.717) is 0 Å². The number of halogens is 1. The van der Waals surface area contributed by atoms with Crippen molar-refractivity contribution < 1.29 is 14.7 Å². The third-order valence-electron chi connectivity index (χ3n) is 1.72. The van der Waals surface area contributed by atoms with Crippen LogP contribution in [0, 0.1) is 0 Å². The molecule has 1 amide bonds. The molecule has 0 fully saturated rings. The van der Waals surface area contributed by atoms with Gasteiger partial charge < -0.3 is 10.4 Å². The molecule has 1 heterocycles. The summed E-state index contributed by atoms with van der Waals surface area (Å²) in [7, 11) is 1.36. The molecule has 2 N–H and O–H groups in total. The second kappa shape index (κ2) is 4.31. The number of hydrogen-bond acceptors (Lipinski definition) is 4. The van der Waals surface area contributed by atoms with Gasteiger partial charge in [0.2, 0.25) is 11.3 Å². The number of aromatic carboxylic acids is 1. The lowest BCUT2D eigenvalue weighted by atomic mass is 10.2. The molecule has 0 aromatic carbocycles. The molecular formula is C8H8ClN3O4. The molecule has 0 aliphatic rings. The molecule has 16 heavy (non-hydrogen) atoms. The Morgan fingerprint density at radius 1 is 1.50 bits per heavy atom. The molecule has 0 saturated heterocycles. The van der Waals surface area contributed by atoms with Crippen molar-refractivity contribution in [3.8, 4) is 0 Å². The van der Waals surface area contributed by atoms with E-state index in [1.165, 1.54) is 14.0 Å². The summed E-state index contributed by atoms with van der Waals surface area (Å²) in [6.07, 6.45) is 0. The average molecular weight is 246 g/mol. The van der Waals surface area contributed by atoms with Gasteiger partial charge in [0, 0.05) is 14.0 Å². The highest BCUT2D eigenvalue weighted by molar-refractivity contribution is 6.29. The van der Waals surface area contributed by atoms with Crippen LogP contribution in [0.25, 0.3) is 0 Å². The lowest BCUT2D eigenvalue weighted by molar-refractivity contribution is -0.114. The smallest absolute Gasteiger partial charge is 0.343 e. The van der Waals surface area contributed by atoms with Crippen molar-refractivity contribution in [2.45, 2.75) is 6.92 Å². The van der Waals surface area contributed by atoms with Gasteiger partial charge in [-0.25, -0.2) is 4.79 Å². The Hall–Kier alpha value is -1.89. The van der Waals surface area contributed by atoms with Crippen LogP contribution in [0.4, 0.5) is 5.82 Å². The van der Waals surface area contributed by atoms with Crippen LogP contribution in [0.2, 0.25) is 5.15 Å². The molecule has 1 aromatic heterocycles. The summed E-state index contributed by atoms with van der Waals surface area (Å²) in [4.78, 5) is 33.2. The number of amides is 1. The first-order valence-electron chi connectivity index (χ1n) is 4.12. The lowest BCUT2D eigenvalue weighted by Gasteiger charge is -2.10. The van der Waals surface area contributed by atoms with Crippen molar-refractivity contribution in [1.29, 1.82) is 0 Å². The Kier molecular flexibility index (Phi) is 3.28. The molecule has 0 unspecified atom stereocenters. The molecule has 1 rings (SSSR count). The molecule has 0 radical (unpaired) electrons. The predicted molar refractivity (Wildman–Crippen MR) is 55.8 cm³/mol.